The zero-order valence-corrected chi connectivity index (χ0v) is 16.4. The van der Waals surface area contributed by atoms with Crippen LogP contribution >= 0.6 is 0 Å². The van der Waals surface area contributed by atoms with Crippen LogP contribution in [0.5, 0.6) is 0 Å². The van der Waals surface area contributed by atoms with Crippen LogP contribution in [0.15, 0.2) is 78.0 Å². The van der Waals surface area contributed by atoms with Crippen LogP contribution in [0.25, 0.3) is 5.69 Å². The number of sulfonamides is 1. The van der Waals surface area contributed by atoms with Gasteiger partial charge in [-0.2, -0.15) is 0 Å². The van der Waals surface area contributed by atoms with Gasteiger partial charge in [0.1, 0.15) is 0 Å². The number of nitrogens with one attached hydrogen (secondary N) is 2. The van der Waals surface area contributed by atoms with Crippen molar-refractivity contribution < 1.29 is 13.2 Å². The molecule has 1 aromatic heterocycles. The van der Waals surface area contributed by atoms with Gasteiger partial charge in [-0.15, -0.1) is 0 Å². The Bertz CT molecular complexity index is 1030. The maximum absolute atomic E-state index is 12.5. The molecule has 2 aromatic carbocycles. The predicted octanol–water partition coefficient (Wildman–Crippen LogP) is 3.81. The number of anilines is 1. The van der Waals surface area contributed by atoms with E-state index in [2.05, 4.69) is 10.0 Å². The van der Waals surface area contributed by atoms with Gasteiger partial charge >= 0.3 is 0 Å². The SMILES string of the molecule is CCCCNS(=O)(=O)c1cccc(NC(=O)c2ccc(-n3cccc3)cc2)c1. The summed E-state index contributed by atoms with van der Waals surface area (Å²) in [5.41, 5.74) is 1.87. The fourth-order valence-electron chi connectivity index (χ4n) is 2.70. The largest absolute Gasteiger partial charge is 0.324 e. The Hall–Kier alpha value is -2.90. The Labute approximate surface area is 165 Å². The van der Waals surface area contributed by atoms with Crippen molar-refractivity contribution in [2.24, 2.45) is 0 Å². The molecule has 1 heterocycles. The molecule has 28 heavy (non-hydrogen) atoms. The highest BCUT2D eigenvalue weighted by Crippen LogP contribution is 2.17. The van der Waals surface area contributed by atoms with Crippen molar-refractivity contribution in [2.45, 2.75) is 24.7 Å². The number of nitrogens with zero attached hydrogens (tertiary/aromatic N) is 1. The van der Waals surface area contributed by atoms with Gasteiger partial charge in [-0.1, -0.05) is 19.4 Å². The molecule has 0 bridgehead atoms. The highest BCUT2D eigenvalue weighted by atomic mass is 32.2. The Morgan fingerprint density at radius 3 is 2.39 bits per heavy atom. The molecule has 7 heteroatoms. The second kappa shape index (κ2) is 8.86. The maximum atomic E-state index is 12.5. The monoisotopic (exact) mass is 397 g/mol. The van der Waals surface area contributed by atoms with Gasteiger partial charge in [0.15, 0.2) is 0 Å². The van der Waals surface area contributed by atoms with Gasteiger partial charge in [0.05, 0.1) is 4.90 Å². The van der Waals surface area contributed by atoms with Crippen molar-refractivity contribution in [2.75, 3.05) is 11.9 Å². The summed E-state index contributed by atoms with van der Waals surface area (Å²) in [4.78, 5) is 12.6. The molecule has 2 N–H and O–H groups in total. The first kappa shape index (κ1) is 19.9. The lowest BCUT2D eigenvalue weighted by atomic mass is 10.2. The quantitative estimate of drug-likeness (QED) is 0.567. The molecule has 0 aliphatic carbocycles. The molecule has 0 unspecified atom stereocenters. The van der Waals surface area contributed by atoms with Crippen molar-refractivity contribution in [3.05, 3.63) is 78.6 Å². The maximum Gasteiger partial charge on any atom is 0.255 e. The second-order valence-corrected chi connectivity index (χ2v) is 8.14. The average Bonchev–Trinajstić information content (AvgIpc) is 3.23. The van der Waals surface area contributed by atoms with Crippen LogP contribution in [0.2, 0.25) is 0 Å². The predicted molar refractivity (Wildman–Crippen MR) is 110 cm³/mol. The van der Waals surface area contributed by atoms with E-state index in [0.29, 0.717) is 17.8 Å². The van der Waals surface area contributed by atoms with E-state index >= 15 is 0 Å². The first-order valence-electron chi connectivity index (χ1n) is 9.14. The van der Waals surface area contributed by atoms with Gasteiger partial charge in [-0.25, -0.2) is 13.1 Å². The fourth-order valence-corrected chi connectivity index (χ4v) is 3.82. The van der Waals surface area contributed by atoms with Gasteiger partial charge in [-0.3, -0.25) is 4.79 Å². The van der Waals surface area contributed by atoms with Crippen molar-refractivity contribution in [1.82, 2.24) is 9.29 Å². The lowest BCUT2D eigenvalue weighted by Gasteiger charge is -2.10. The molecule has 1 amide bonds. The number of carbonyl (C=O) groups is 1. The van der Waals surface area contributed by atoms with Crippen LogP contribution in [-0.2, 0) is 10.0 Å². The van der Waals surface area contributed by atoms with E-state index in [-0.39, 0.29) is 10.8 Å². The van der Waals surface area contributed by atoms with Gasteiger partial charge < -0.3 is 9.88 Å². The summed E-state index contributed by atoms with van der Waals surface area (Å²) >= 11 is 0. The van der Waals surface area contributed by atoms with E-state index in [0.717, 1.165) is 18.5 Å². The minimum Gasteiger partial charge on any atom is -0.324 e. The van der Waals surface area contributed by atoms with E-state index < -0.39 is 10.0 Å². The molecule has 6 nitrogen and oxygen atoms in total. The number of hydrogen-bond donors (Lipinski definition) is 2. The van der Waals surface area contributed by atoms with E-state index in [1.54, 1.807) is 24.3 Å². The Morgan fingerprint density at radius 1 is 1.00 bits per heavy atom. The van der Waals surface area contributed by atoms with Gasteiger partial charge in [0.2, 0.25) is 10.0 Å². The molecular formula is C21H23N3O3S. The number of benzene rings is 2. The molecule has 0 spiro atoms. The smallest absolute Gasteiger partial charge is 0.255 e. The summed E-state index contributed by atoms with van der Waals surface area (Å²) in [5.74, 6) is -0.299. The van der Waals surface area contributed by atoms with Gasteiger partial charge in [0, 0.05) is 35.9 Å². The molecule has 0 aliphatic rings. The summed E-state index contributed by atoms with van der Waals surface area (Å²) in [6.45, 7) is 2.39. The average molecular weight is 398 g/mol. The van der Waals surface area contributed by atoms with Crippen LogP contribution in [0.1, 0.15) is 30.1 Å². The number of amides is 1. The first-order chi connectivity index (χ1) is 13.5. The van der Waals surface area contributed by atoms with Crippen molar-refractivity contribution >= 4 is 21.6 Å². The number of unbranched alkanes of at least 4 members (excludes halogenated alkanes) is 1. The molecule has 0 saturated carbocycles. The summed E-state index contributed by atoms with van der Waals surface area (Å²) in [6.07, 6.45) is 5.53. The summed E-state index contributed by atoms with van der Waals surface area (Å²) in [7, 11) is -3.59. The fraction of sp³-hybridized carbons (Fsp3) is 0.190. The topological polar surface area (TPSA) is 80.2 Å². The van der Waals surface area contributed by atoms with Crippen LogP contribution < -0.4 is 10.0 Å². The molecule has 3 aromatic rings. The Balaban J connectivity index is 1.70. The molecular weight excluding hydrogens is 374 g/mol. The molecule has 0 atom stereocenters. The summed E-state index contributed by atoms with van der Waals surface area (Å²) < 4.78 is 29.2. The molecule has 146 valence electrons. The van der Waals surface area contributed by atoms with Crippen molar-refractivity contribution in [3.63, 3.8) is 0 Å². The minimum atomic E-state index is -3.59. The highest BCUT2D eigenvalue weighted by Gasteiger charge is 2.14. The van der Waals surface area contributed by atoms with Crippen LogP contribution in [0.4, 0.5) is 5.69 Å². The van der Waals surface area contributed by atoms with Crippen LogP contribution in [0, 0.1) is 0 Å². The number of hydrogen-bond acceptors (Lipinski definition) is 3. The first-order valence-corrected chi connectivity index (χ1v) is 10.6. The lowest BCUT2D eigenvalue weighted by molar-refractivity contribution is 0.102. The highest BCUT2D eigenvalue weighted by molar-refractivity contribution is 7.89. The Morgan fingerprint density at radius 2 is 1.71 bits per heavy atom. The molecule has 3 rings (SSSR count). The van der Waals surface area contributed by atoms with E-state index in [1.807, 2.05) is 48.1 Å². The normalized spacial score (nSPS) is 11.3. The molecule has 0 saturated heterocycles. The molecule has 0 radical (unpaired) electrons. The zero-order chi connectivity index (χ0) is 20.0. The molecule has 0 fully saturated rings. The molecule has 0 aliphatic heterocycles. The zero-order valence-electron chi connectivity index (χ0n) is 15.6. The van der Waals surface area contributed by atoms with E-state index in [9.17, 15) is 13.2 Å². The van der Waals surface area contributed by atoms with Crippen LogP contribution in [-0.4, -0.2) is 25.4 Å². The summed E-state index contributed by atoms with van der Waals surface area (Å²) in [6, 6.07) is 17.3. The van der Waals surface area contributed by atoms with Crippen LogP contribution in [0.3, 0.4) is 0 Å². The van der Waals surface area contributed by atoms with Gasteiger partial charge in [-0.05, 0) is 61.0 Å². The minimum absolute atomic E-state index is 0.129. The van der Waals surface area contributed by atoms with E-state index in [4.69, 9.17) is 0 Å². The van der Waals surface area contributed by atoms with Gasteiger partial charge in [0.25, 0.3) is 5.91 Å². The number of aromatic nitrogens is 1. The second-order valence-electron chi connectivity index (χ2n) is 6.37. The van der Waals surface area contributed by atoms with Crippen molar-refractivity contribution in [1.29, 1.82) is 0 Å². The third-order valence-corrected chi connectivity index (χ3v) is 5.72. The summed E-state index contributed by atoms with van der Waals surface area (Å²) in [5, 5.41) is 2.75. The number of carbonyl (C=O) groups excluding carboxylic acids is 1. The van der Waals surface area contributed by atoms with E-state index in [1.165, 1.54) is 12.1 Å². The third-order valence-electron chi connectivity index (χ3n) is 4.26. The Kier molecular flexibility index (Phi) is 6.28. The van der Waals surface area contributed by atoms with Crippen molar-refractivity contribution in [3.8, 4) is 5.69 Å². The standard InChI is InChI=1S/C21H23N3O3S/c1-2-3-13-22-28(26,27)20-8-6-7-18(16-20)23-21(25)17-9-11-19(12-10-17)24-14-4-5-15-24/h4-12,14-16,22H,2-3,13H2,1H3,(H,23,25). The lowest BCUT2D eigenvalue weighted by Crippen LogP contribution is -2.24. The third kappa shape index (κ3) is 4.88. The number of rotatable bonds is 8.